The van der Waals surface area contributed by atoms with Crippen LogP contribution >= 0.6 is 0 Å². The summed E-state index contributed by atoms with van der Waals surface area (Å²) in [5, 5.41) is 9.80. The number of benzene rings is 3. The maximum Gasteiger partial charge on any atom is 0.343 e. The molecule has 1 aliphatic heterocycles. The van der Waals surface area contributed by atoms with Crippen molar-refractivity contribution in [2.24, 2.45) is 5.73 Å². The fourth-order valence-electron chi connectivity index (χ4n) is 3.98. The van der Waals surface area contributed by atoms with Crippen molar-refractivity contribution in [2.45, 2.75) is 32.6 Å². The van der Waals surface area contributed by atoms with Crippen LogP contribution in [-0.4, -0.2) is 19.2 Å². The van der Waals surface area contributed by atoms with Gasteiger partial charge in [-0.3, -0.25) is 0 Å². The number of carbonyl (C=O) groups is 1. The number of ether oxygens (including phenoxy) is 4. The number of nitrogens with zero attached hydrogens (tertiary/aromatic N) is 1. The largest absolute Gasteiger partial charge is 0.494 e. The number of hydrogen-bond acceptors (Lipinski definition) is 7. The Labute approximate surface area is 210 Å². The van der Waals surface area contributed by atoms with Crippen molar-refractivity contribution in [3.63, 3.8) is 0 Å². The zero-order valence-electron chi connectivity index (χ0n) is 20.3. The molecule has 7 heteroatoms. The van der Waals surface area contributed by atoms with Gasteiger partial charge in [0, 0.05) is 11.6 Å². The smallest absolute Gasteiger partial charge is 0.343 e. The van der Waals surface area contributed by atoms with E-state index in [1.807, 2.05) is 31.2 Å². The van der Waals surface area contributed by atoms with Crippen molar-refractivity contribution >= 4 is 5.97 Å². The lowest BCUT2D eigenvalue weighted by molar-refractivity contribution is 0.0734. The molecule has 1 unspecified atom stereocenters. The molecular weight excluding hydrogens is 456 g/mol. The second-order valence-corrected chi connectivity index (χ2v) is 8.25. The van der Waals surface area contributed by atoms with Crippen LogP contribution in [0.15, 0.2) is 78.2 Å². The molecular formula is C29H28N2O5. The molecule has 3 aromatic rings. The molecule has 0 aliphatic carbocycles. The maximum absolute atomic E-state index is 12.7. The van der Waals surface area contributed by atoms with Crippen LogP contribution in [0.1, 0.15) is 54.1 Å². The Morgan fingerprint density at radius 3 is 2.50 bits per heavy atom. The van der Waals surface area contributed by atoms with Crippen LogP contribution < -0.4 is 24.7 Å². The molecule has 1 heterocycles. The molecule has 0 fully saturated rings. The highest BCUT2D eigenvalue weighted by atomic mass is 16.5. The van der Waals surface area contributed by atoms with E-state index in [-0.39, 0.29) is 5.88 Å². The summed E-state index contributed by atoms with van der Waals surface area (Å²) >= 11 is 0. The summed E-state index contributed by atoms with van der Waals surface area (Å²) in [4.78, 5) is 12.7. The zero-order valence-corrected chi connectivity index (χ0v) is 20.3. The highest BCUT2D eigenvalue weighted by molar-refractivity contribution is 5.91. The van der Waals surface area contributed by atoms with E-state index >= 15 is 0 Å². The number of nitriles is 1. The molecule has 36 heavy (non-hydrogen) atoms. The SMILES string of the molecule is CCCCOc1ccc(C2C(C#N)=C(N)Oc3cc(OC(=O)c4cccc(OCC)c4)ccc32)cc1. The van der Waals surface area contributed by atoms with Crippen LogP contribution in [0.25, 0.3) is 0 Å². The van der Waals surface area contributed by atoms with Crippen molar-refractivity contribution in [3.05, 3.63) is 94.9 Å². The number of carbonyl (C=O) groups excluding carboxylic acids is 1. The first kappa shape index (κ1) is 24.7. The molecule has 184 valence electrons. The van der Waals surface area contributed by atoms with Crippen LogP contribution in [0.3, 0.4) is 0 Å². The molecule has 0 radical (unpaired) electrons. The van der Waals surface area contributed by atoms with Crippen LogP contribution in [0.4, 0.5) is 0 Å². The summed E-state index contributed by atoms with van der Waals surface area (Å²) in [6, 6.07) is 21.7. The molecule has 7 nitrogen and oxygen atoms in total. The lowest BCUT2D eigenvalue weighted by atomic mass is 9.83. The number of hydrogen-bond donors (Lipinski definition) is 1. The van der Waals surface area contributed by atoms with E-state index < -0.39 is 11.9 Å². The summed E-state index contributed by atoms with van der Waals surface area (Å²) in [6.07, 6.45) is 2.04. The van der Waals surface area contributed by atoms with Gasteiger partial charge in [0.1, 0.15) is 34.6 Å². The van der Waals surface area contributed by atoms with Crippen molar-refractivity contribution in [2.75, 3.05) is 13.2 Å². The predicted octanol–water partition coefficient (Wildman–Crippen LogP) is 5.70. The number of allylic oxidation sites excluding steroid dienone is 1. The lowest BCUT2D eigenvalue weighted by Gasteiger charge is -2.26. The Morgan fingerprint density at radius 2 is 1.78 bits per heavy atom. The Morgan fingerprint density at radius 1 is 1.00 bits per heavy atom. The summed E-state index contributed by atoms with van der Waals surface area (Å²) in [6.45, 7) is 5.14. The molecule has 4 rings (SSSR count). The summed E-state index contributed by atoms with van der Waals surface area (Å²) in [5.74, 6) is 1.16. The average Bonchev–Trinajstić information content (AvgIpc) is 2.89. The first-order valence-corrected chi connectivity index (χ1v) is 11.9. The fourth-order valence-corrected chi connectivity index (χ4v) is 3.98. The molecule has 0 spiro atoms. The summed E-state index contributed by atoms with van der Waals surface area (Å²) in [7, 11) is 0. The number of esters is 1. The normalized spacial score (nSPS) is 14.3. The van der Waals surface area contributed by atoms with Gasteiger partial charge in [0.2, 0.25) is 5.88 Å². The van der Waals surface area contributed by atoms with Crippen molar-refractivity contribution in [1.29, 1.82) is 5.26 Å². The highest BCUT2D eigenvalue weighted by Gasteiger charge is 2.31. The Kier molecular flexibility index (Phi) is 7.76. The minimum absolute atomic E-state index is 0.0196. The van der Waals surface area contributed by atoms with Gasteiger partial charge in [-0.2, -0.15) is 5.26 Å². The van der Waals surface area contributed by atoms with E-state index in [9.17, 15) is 10.1 Å². The molecule has 0 bridgehead atoms. The van der Waals surface area contributed by atoms with Crippen LogP contribution in [0, 0.1) is 11.3 Å². The minimum Gasteiger partial charge on any atom is -0.494 e. The molecule has 1 atom stereocenters. The molecule has 0 saturated heterocycles. The number of unbranched alkanes of at least 4 members (excludes halogenated alkanes) is 1. The fraction of sp³-hybridized carbons (Fsp3) is 0.241. The lowest BCUT2D eigenvalue weighted by Crippen LogP contribution is -2.21. The van der Waals surface area contributed by atoms with E-state index in [0.29, 0.717) is 41.6 Å². The summed E-state index contributed by atoms with van der Waals surface area (Å²) < 4.78 is 22.6. The van der Waals surface area contributed by atoms with E-state index in [1.54, 1.807) is 42.5 Å². The van der Waals surface area contributed by atoms with E-state index in [1.165, 1.54) is 0 Å². The summed E-state index contributed by atoms with van der Waals surface area (Å²) in [5.41, 5.74) is 8.43. The third-order valence-corrected chi connectivity index (χ3v) is 5.76. The standard InChI is InChI=1S/C29H28N2O5/c1-3-5-15-34-21-11-9-19(10-12-21)27-24-14-13-23(17-26(24)36-28(31)25(27)18-30)35-29(32)20-7-6-8-22(16-20)33-4-2/h6-14,16-17,27H,3-5,15,31H2,1-2H3. The minimum atomic E-state index is -0.524. The first-order valence-electron chi connectivity index (χ1n) is 11.9. The van der Waals surface area contributed by atoms with Gasteiger partial charge in [-0.1, -0.05) is 37.6 Å². The van der Waals surface area contributed by atoms with Gasteiger partial charge in [-0.15, -0.1) is 0 Å². The Bertz CT molecular complexity index is 1310. The third kappa shape index (κ3) is 5.44. The number of nitrogens with two attached hydrogens (primary N) is 1. The van der Waals surface area contributed by atoms with Gasteiger partial charge in [0.25, 0.3) is 0 Å². The molecule has 3 aromatic carbocycles. The van der Waals surface area contributed by atoms with Crippen LogP contribution in [0.2, 0.25) is 0 Å². The second kappa shape index (κ2) is 11.3. The van der Waals surface area contributed by atoms with Crippen LogP contribution in [0.5, 0.6) is 23.0 Å². The molecule has 2 N–H and O–H groups in total. The van der Waals surface area contributed by atoms with E-state index in [0.717, 1.165) is 29.7 Å². The monoisotopic (exact) mass is 484 g/mol. The van der Waals surface area contributed by atoms with E-state index in [2.05, 4.69) is 13.0 Å². The van der Waals surface area contributed by atoms with E-state index in [4.69, 9.17) is 24.7 Å². The zero-order chi connectivity index (χ0) is 25.5. The van der Waals surface area contributed by atoms with Gasteiger partial charge >= 0.3 is 5.97 Å². The number of fused-ring (bicyclic) bond motifs is 1. The highest BCUT2D eigenvalue weighted by Crippen LogP contribution is 2.43. The van der Waals surface area contributed by atoms with Gasteiger partial charge in [0.05, 0.1) is 24.7 Å². The predicted molar refractivity (Wildman–Crippen MR) is 135 cm³/mol. The Hall–Kier alpha value is -4.44. The second-order valence-electron chi connectivity index (χ2n) is 8.25. The first-order chi connectivity index (χ1) is 17.5. The molecule has 0 aromatic heterocycles. The third-order valence-electron chi connectivity index (χ3n) is 5.76. The maximum atomic E-state index is 12.7. The van der Waals surface area contributed by atoms with Gasteiger partial charge in [-0.05, 0) is 55.3 Å². The van der Waals surface area contributed by atoms with Gasteiger partial charge < -0.3 is 24.7 Å². The van der Waals surface area contributed by atoms with Gasteiger partial charge in [-0.25, -0.2) is 4.79 Å². The number of rotatable bonds is 9. The van der Waals surface area contributed by atoms with Gasteiger partial charge in [0.15, 0.2) is 0 Å². The van der Waals surface area contributed by atoms with Crippen molar-refractivity contribution < 1.29 is 23.7 Å². The molecule has 0 amide bonds. The molecule has 0 saturated carbocycles. The topological polar surface area (TPSA) is 104 Å². The average molecular weight is 485 g/mol. The van der Waals surface area contributed by atoms with Crippen molar-refractivity contribution in [1.82, 2.24) is 0 Å². The van der Waals surface area contributed by atoms with Crippen LogP contribution in [-0.2, 0) is 0 Å². The van der Waals surface area contributed by atoms with Crippen molar-refractivity contribution in [3.8, 4) is 29.1 Å². The Balaban J connectivity index is 1.59. The molecule has 1 aliphatic rings. The quantitative estimate of drug-likeness (QED) is 0.236.